The highest BCUT2D eigenvalue weighted by Gasteiger charge is 2.35. The normalized spacial score (nSPS) is 15.1. The van der Waals surface area contributed by atoms with Crippen molar-refractivity contribution in [1.29, 1.82) is 0 Å². The van der Waals surface area contributed by atoms with Crippen LogP contribution in [-0.4, -0.2) is 41.1 Å². The number of anilines is 1. The monoisotopic (exact) mass is 466 g/mol. The van der Waals surface area contributed by atoms with Gasteiger partial charge in [-0.1, -0.05) is 29.8 Å². The highest BCUT2D eigenvalue weighted by atomic mass is 35.5. The molecular formula is C25H27ClN4O3. The largest absolute Gasteiger partial charge is 0.381 e. The van der Waals surface area contributed by atoms with Crippen LogP contribution < -0.4 is 10.6 Å². The first-order valence-electron chi connectivity index (χ1n) is 11.0. The number of amides is 2. The van der Waals surface area contributed by atoms with Gasteiger partial charge in [0.15, 0.2) is 0 Å². The first-order chi connectivity index (χ1) is 16.0. The topological polar surface area (TPSA) is 85.2 Å². The van der Waals surface area contributed by atoms with Crippen LogP contribution in [-0.2, 0) is 21.5 Å². The van der Waals surface area contributed by atoms with Crippen LogP contribution in [0.2, 0.25) is 5.02 Å². The van der Waals surface area contributed by atoms with Crippen molar-refractivity contribution in [3.63, 3.8) is 0 Å². The Bertz CT molecular complexity index is 1090. The number of halogens is 1. The molecule has 0 unspecified atom stereocenters. The summed E-state index contributed by atoms with van der Waals surface area (Å²) in [5, 5.41) is 6.63. The van der Waals surface area contributed by atoms with E-state index in [0.717, 1.165) is 18.4 Å². The average Bonchev–Trinajstić information content (AvgIpc) is 3.36. The number of nitrogens with zero attached hydrogens (tertiary/aromatic N) is 2. The fourth-order valence-corrected chi connectivity index (χ4v) is 4.30. The van der Waals surface area contributed by atoms with Crippen LogP contribution in [0.1, 0.15) is 35.2 Å². The Kier molecular flexibility index (Phi) is 7.42. The van der Waals surface area contributed by atoms with Gasteiger partial charge in [-0.25, -0.2) is 4.98 Å². The SMILES string of the molecule is O=C(CCn1ccnc1)Nc1cccc(C(=O)NCC2(c3cccc(Cl)c3)CCOCC2)c1. The molecule has 1 saturated heterocycles. The molecule has 1 aliphatic rings. The Morgan fingerprint density at radius 3 is 2.70 bits per heavy atom. The minimum atomic E-state index is -0.224. The number of ether oxygens (including phenoxy) is 1. The number of hydrogen-bond acceptors (Lipinski definition) is 4. The van der Waals surface area contributed by atoms with Crippen molar-refractivity contribution in [3.05, 3.63) is 83.4 Å². The third-order valence-electron chi connectivity index (χ3n) is 6.04. The minimum absolute atomic E-state index is 0.122. The smallest absolute Gasteiger partial charge is 0.251 e. The fourth-order valence-electron chi connectivity index (χ4n) is 4.11. The van der Waals surface area contributed by atoms with E-state index in [9.17, 15) is 9.59 Å². The lowest BCUT2D eigenvalue weighted by Gasteiger charge is -2.38. The quantitative estimate of drug-likeness (QED) is 0.524. The first kappa shape index (κ1) is 23.0. The summed E-state index contributed by atoms with van der Waals surface area (Å²) in [5.74, 6) is -0.305. The van der Waals surface area contributed by atoms with Crippen LogP contribution in [0, 0.1) is 0 Å². The zero-order valence-corrected chi connectivity index (χ0v) is 19.1. The molecular weight excluding hydrogens is 440 g/mol. The molecule has 0 bridgehead atoms. The van der Waals surface area contributed by atoms with E-state index in [-0.39, 0.29) is 17.2 Å². The van der Waals surface area contributed by atoms with Gasteiger partial charge in [-0.15, -0.1) is 0 Å². The second kappa shape index (κ2) is 10.6. The Labute approximate surface area is 198 Å². The van der Waals surface area contributed by atoms with Gasteiger partial charge in [0.25, 0.3) is 5.91 Å². The average molecular weight is 467 g/mol. The molecule has 0 saturated carbocycles. The molecule has 8 heteroatoms. The minimum Gasteiger partial charge on any atom is -0.381 e. The summed E-state index contributed by atoms with van der Waals surface area (Å²) in [5.41, 5.74) is 1.97. The van der Waals surface area contributed by atoms with Crippen LogP contribution in [0.3, 0.4) is 0 Å². The third-order valence-corrected chi connectivity index (χ3v) is 6.27. The molecule has 0 spiro atoms. The summed E-state index contributed by atoms with van der Waals surface area (Å²) in [6.07, 6.45) is 7.09. The maximum absolute atomic E-state index is 13.0. The van der Waals surface area contributed by atoms with Gasteiger partial charge in [0.1, 0.15) is 0 Å². The maximum Gasteiger partial charge on any atom is 0.251 e. The Balaban J connectivity index is 1.39. The van der Waals surface area contributed by atoms with E-state index < -0.39 is 0 Å². The predicted octanol–water partition coefficient (Wildman–Crippen LogP) is 4.04. The Morgan fingerprint density at radius 2 is 1.94 bits per heavy atom. The van der Waals surface area contributed by atoms with Crippen molar-refractivity contribution in [2.75, 3.05) is 25.1 Å². The van der Waals surface area contributed by atoms with Crippen LogP contribution in [0.15, 0.2) is 67.3 Å². The van der Waals surface area contributed by atoms with E-state index in [4.69, 9.17) is 16.3 Å². The summed E-state index contributed by atoms with van der Waals surface area (Å²) in [7, 11) is 0. The van der Waals surface area contributed by atoms with Crippen LogP contribution in [0.5, 0.6) is 0 Å². The van der Waals surface area contributed by atoms with E-state index in [1.165, 1.54) is 0 Å². The molecule has 2 amide bonds. The Morgan fingerprint density at radius 1 is 1.12 bits per heavy atom. The molecule has 7 nitrogen and oxygen atoms in total. The van der Waals surface area contributed by atoms with E-state index in [1.807, 2.05) is 29.0 Å². The molecule has 1 fully saturated rings. The van der Waals surface area contributed by atoms with Crippen molar-refractivity contribution >= 4 is 29.1 Å². The molecule has 0 aliphatic carbocycles. The first-order valence-corrected chi connectivity index (χ1v) is 11.4. The van der Waals surface area contributed by atoms with E-state index >= 15 is 0 Å². The molecule has 33 heavy (non-hydrogen) atoms. The van der Waals surface area contributed by atoms with Gasteiger partial charge >= 0.3 is 0 Å². The number of nitrogens with one attached hydrogen (secondary N) is 2. The number of aromatic nitrogens is 2. The van der Waals surface area contributed by atoms with Gasteiger partial charge in [-0.3, -0.25) is 9.59 Å². The number of carbonyl (C=O) groups is 2. The lowest BCUT2D eigenvalue weighted by molar-refractivity contribution is -0.116. The molecule has 2 heterocycles. The van der Waals surface area contributed by atoms with E-state index in [2.05, 4.69) is 21.7 Å². The van der Waals surface area contributed by atoms with Gasteiger partial charge < -0.3 is 19.9 Å². The van der Waals surface area contributed by atoms with E-state index in [1.54, 1.807) is 36.8 Å². The zero-order valence-electron chi connectivity index (χ0n) is 18.3. The number of carbonyl (C=O) groups excluding carboxylic acids is 2. The molecule has 0 radical (unpaired) electrons. The zero-order chi connectivity index (χ0) is 23.1. The third kappa shape index (κ3) is 6.00. The van der Waals surface area contributed by atoms with Gasteiger partial charge in [-0.2, -0.15) is 0 Å². The number of imidazole rings is 1. The van der Waals surface area contributed by atoms with Gasteiger partial charge in [-0.05, 0) is 48.7 Å². The van der Waals surface area contributed by atoms with Gasteiger partial charge in [0.2, 0.25) is 5.91 Å². The number of aryl methyl sites for hydroxylation is 1. The molecule has 2 aromatic carbocycles. The molecule has 0 atom stereocenters. The number of rotatable bonds is 8. The van der Waals surface area contributed by atoms with Crippen molar-refractivity contribution in [3.8, 4) is 0 Å². The standard InChI is InChI=1S/C25H27ClN4O3/c26-21-5-2-4-20(16-21)25(8-13-33-14-9-25)17-28-24(32)19-3-1-6-22(15-19)29-23(31)7-11-30-12-10-27-18-30/h1-6,10,12,15-16,18H,7-9,11,13-14,17H2,(H,28,32)(H,29,31). The lowest BCUT2D eigenvalue weighted by Crippen LogP contribution is -2.44. The summed E-state index contributed by atoms with van der Waals surface area (Å²) in [6.45, 7) is 2.31. The summed E-state index contributed by atoms with van der Waals surface area (Å²) in [6, 6.07) is 14.8. The molecule has 3 aromatic rings. The van der Waals surface area contributed by atoms with Crippen LogP contribution in [0.25, 0.3) is 0 Å². The molecule has 4 rings (SSSR count). The second-order valence-corrected chi connectivity index (χ2v) is 8.70. The van der Waals surface area contributed by atoms with Gasteiger partial charge in [0, 0.05) is 66.8 Å². The van der Waals surface area contributed by atoms with E-state index in [0.29, 0.717) is 49.0 Å². The molecule has 2 N–H and O–H groups in total. The maximum atomic E-state index is 13.0. The van der Waals surface area contributed by atoms with Crippen molar-refractivity contribution < 1.29 is 14.3 Å². The van der Waals surface area contributed by atoms with Crippen LogP contribution in [0.4, 0.5) is 5.69 Å². The van der Waals surface area contributed by atoms with Crippen LogP contribution >= 0.6 is 11.6 Å². The van der Waals surface area contributed by atoms with Crippen molar-refractivity contribution in [2.45, 2.75) is 31.2 Å². The molecule has 172 valence electrons. The summed E-state index contributed by atoms with van der Waals surface area (Å²) in [4.78, 5) is 29.2. The Hall–Kier alpha value is -3.16. The fraction of sp³-hybridized carbons (Fsp3) is 0.320. The number of hydrogen-bond donors (Lipinski definition) is 2. The molecule has 1 aliphatic heterocycles. The molecule has 1 aromatic heterocycles. The summed E-state index contributed by atoms with van der Waals surface area (Å²) >= 11 is 6.24. The number of benzene rings is 2. The van der Waals surface area contributed by atoms with Crippen molar-refractivity contribution in [2.24, 2.45) is 0 Å². The lowest BCUT2D eigenvalue weighted by atomic mass is 9.74. The highest BCUT2D eigenvalue weighted by molar-refractivity contribution is 6.30. The second-order valence-electron chi connectivity index (χ2n) is 8.27. The highest BCUT2D eigenvalue weighted by Crippen LogP contribution is 2.35. The van der Waals surface area contributed by atoms with Crippen molar-refractivity contribution in [1.82, 2.24) is 14.9 Å². The summed E-state index contributed by atoms with van der Waals surface area (Å²) < 4.78 is 7.42. The van der Waals surface area contributed by atoms with Gasteiger partial charge in [0.05, 0.1) is 6.33 Å². The predicted molar refractivity (Wildman–Crippen MR) is 127 cm³/mol.